The predicted molar refractivity (Wildman–Crippen MR) is 69.8 cm³/mol. The molecule has 0 saturated carbocycles. The molecule has 0 unspecified atom stereocenters. The van der Waals surface area contributed by atoms with Gasteiger partial charge in [-0.3, -0.25) is 0 Å². The Morgan fingerprint density at radius 2 is 2.12 bits per heavy atom. The molecule has 0 aliphatic heterocycles. The number of hydrogen-bond acceptors (Lipinski definition) is 4. The van der Waals surface area contributed by atoms with Crippen LogP contribution in [0, 0.1) is 0 Å². The molecule has 0 atom stereocenters. The number of nitrogens with zero attached hydrogens (tertiary/aromatic N) is 2. The summed E-state index contributed by atoms with van der Waals surface area (Å²) in [4.78, 5) is 9.58. The van der Waals surface area contributed by atoms with Crippen molar-refractivity contribution in [3.63, 3.8) is 0 Å². The second-order valence-corrected chi connectivity index (χ2v) is 4.94. The molecule has 16 heavy (non-hydrogen) atoms. The molecule has 5 heteroatoms. The molecule has 0 fully saturated rings. The predicted octanol–water partition coefficient (Wildman–Crippen LogP) is 3.43. The minimum Gasteiger partial charge on any atom is -0.373 e. The van der Waals surface area contributed by atoms with E-state index in [2.05, 4.69) is 31.2 Å². The van der Waals surface area contributed by atoms with E-state index < -0.39 is 0 Å². The second-order valence-electron chi connectivity index (χ2n) is 3.02. The largest absolute Gasteiger partial charge is 0.373 e. The fourth-order valence-electron chi connectivity index (χ4n) is 1.17. The van der Waals surface area contributed by atoms with Crippen LogP contribution in [-0.2, 0) is 0 Å². The SMILES string of the molecule is CNc1cc(Sc2ncccc2Br)ccn1. The summed E-state index contributed by atoms with van der Waals surface area (Å²) in [6, 6.07) is 7.84. The van der Waals surface area contributed by atoms with E-state index in [1.807, 2.05) is 31.3 Å². The quantitative estimate of drug-likeness (QED) is 0.941. The van der Waals surface area contributed by atoms with Gasteiger partial charge in [0, 0.05) is 24.3 Å². The van der Waals surface area contributed by atoms with Crippen molar-refractivity contribution in [2.45, 2.75) is 9.92 Å². The van der Waals surface area contributed by atoms with Crippen molar-refractivity contribution >= 4 is 33.5 Å². The number of pyridine rings is 2. The first-order valence-electron chi connectivity index (χ1n) is 4.72. The van der Waals surface area contributed by atoms with Gasteiger partial charge in [0.15, 0.2) is 0 Å². The zero-order chi connectivity index (χ0) is 11.4. The number of hydrogen-bond donors (Lipinski definition) is 1. The van der Waals surface area contributed by atoms with Crippen LogP contribution in [0.5, 0.6) is 0 Å². The molecular weight excluding hydrogens is 286 g/mol. The van der Waals surface area contributed by atoms with Gasteiger partial charge in [0.2, 0.25) is 0 Å². The monoisotopic (exact) mass is 295 g/mol. The Labute approximate surface area is 107 Å². The van der Waals surface area contributed by atoms with Gasteiger partial charge in [0.25, 0.3) is 0 Å². The Morgan fingerprint density at radius 3 is 2.88 bits per heavy atom. The Hall–Kier alpha value is -1.07. The van der Waals surface area contributed by atoms with Crippen molar-refractivity contribution in [3.8, 4) is 0 Å². The lowest BCUT2D eigenvalue weighted by molar-refractivity contribution is 1.11. The summed E-state index contributed by atoms with van der Waals surface area (Å²) in [7, 11) is 1.85. The average molecular weight is 296 g/mol. The van der Waals surface area contributed by atoms with Crippen LogP contribution >= 0.6 is 27.7 Å². The molecule has 0 radical (unpaired) electrons. The molecule has 0 aliphatic carbocycles. The minimum absolute atomic E-state index is 0.858. The first kappa shape index (κ1) is 11.4. The normalized spacial score (nSPS) is 10.1. The molecule has 0 aliphatic rings. The van der Waals surface area contributed by atoms with Crippen LogP contribution in [0.4, 0.5) is 5.82 Å². The molecule has 0 amide bonds. The summed E-state index contributed by atoms with van der Waals surface area (Å²) in [5, 5.41) is 3.97. The molecule has 1 N–H and O–H groups in total. The van der Waals surface area contributed by atoms with Crippen LogP contribution in [0.2, 0.25) is 0 Å². The fourth-order valence-corrected chi connectivity index (χ4v) is 2.47. The molecular formula is C11H10BrN3S. The highest BCUT2D eigenvalue weighted by Gasteiger charge is 2.03. The van der Waals surface area contributed by atoms with E-state index >= 15 is 0 Å². The minimum atomic E-state index is 0.858. The third-order valence-electron chi connectivity index (χ3n) is 1.93. The molecule has 0 bridgehead atoms. The highest BCUT2D eigenvalue weighted by molar-refractivity contribution is 9.10. The van der Waals surface area contributed by atoms with Crippen LogP contribution in [-0.4, -0.2) is 17.0 Å². The van der Waals surface area contributed by atoms with Gasteiger partial charge in [0.05, 0.1) is 4.47 Å². The van der Waals surface area contributed by atoms with Crippen LogP contribution in [0.1, 0.15) is 0 Å². The van der Waals surface area contributed by atoms with Crippen molar-refractivity contribution in [2.75, 3.05) is 12.4 Å². The standard InChI is InChI=1S/C11H10BrN3S/c1-13-10-7-8(4-6-14-10)16-11-9(12)3-2-5-15-11/h2-7H,1H3,(H,13,14). The van der Waals surface area contributed by atoms with E-state index in [0.717, 1.165) is 20.2 Å². The van der Waals surface area contributed by atoms with Crippen molar-refractivity contribution in [3.05, 3.63) is 41.1 Å². The molecule has 3 nitrogen and oxygen atoms in total. The maximum absolute atomic E-state index is 4.30. The molecule has 2 rings (SSSR count). The van der Waals surface area contributed by atoms with Crippen LogP contribution in [0.25, 0.3) is 0 Å². The first-order valence-corrected chi connectivity index (χ1v) is 6.33. The van der Waals surface area contributed by atoms with E-state index in [4.69, 9.17) is 0 Å². The van der Waals surface area contributed by atoms with E-state index in [0.29, 0.717) is 0 Å². The van der Waals surface area contributed by atoms with E-state index in [-0.39, 0.29) is 0 Å². The highest BCUT2D eigenvalue weighted by Crippen LogP contribution is 2.31. The molecule has 82 valence electrons. The average Bonchev–Trinajstić information content (AvgIpc) is 2.32. The van der Waals surface area contributed by atoms with E-state index in [9.17, 15) is 0 Å². The van der Waals surface area contributed by atoms with Gasteiger partial charge in [-0.25, -0.2) is 9.97 Å². The Morgan fingerprint density at radius 1 is 1.25 bits per heavy atom. The number of nitrogens with one attached hydrogen (secondary N) is 1. The number of aromatic nitrogens is 2. The van der Waals surface area contributed by atoms with Crippen molar-refractivity contribution in [2.24, 2.45) is 0 Å². The van der Waals surface area contributed by atoms with Crippen LogP contribution in [0.15, 0.2) is 51.1 Å². The summed E-state index contributed by atoms with van der Waals surface area (Å²) in [6.07, 6.45) is 3.57. The van der Waals surface area contributed by atoms with Gasteiger partial charge in [-0.2, -0.15) is 0 Å². The zero-order valence-corrected chi connectivity index (χ0v) is 11.0. The zero-order valence-electron chi connectivity index (χ0n) is 8.64. The van der Waals surface area contributed by atoms with Crippen LogP contribution in [0.3, 0.4) is 0 Å². The van der Waals surface area contributed by atoms with Crippen molar-refractivity contribution in [1.82, 2.24) is 9.97 Å². The maximum atomic E-state index is 4.30. The smallest absolute Gasteiger partial charge is 0.126 e. The summed E-state index contributed by atoms with van der Waals surface area (Å²) < 4.78 is 1.00. The number of halogens is 1. The highest BCUT2D eigenvalue weighted by atomic mass is 79.9. The first-order chi connectivity index (χ1) is 7.79. The molecule has 2 aromatic rings. The van der Waals surface area contributed by atoms with E-state index in [1.165, 1.54) is 0 Å². The molecule has 2 aromatic heterocycles. The maximum Gasteiger partial charge on any atom is 0.126 e. The summed E-state index contributed by atoms with van der Waals surface area (Å²) in [6.45, 7) is 0. The van der Waals surface area contributed by atoms with Gasteiger partial charge in [0.1, 0.15) is 10.8 Å². The summed E-state index contributed by atoms with van der Waals surface area (Å²) in [5.41, 5.74) is 0. The van der Waals surface area contributed by atoms with Crippen LogP contribution < -0.4 is 5.32 Å². The van der Waals surface area contributed by atoms with Gasteiger partial charge in [-0.1, -0.05) is 11.8 Å². The fraction of sp³-hybridized carbons (Fsp3) is 0.0909. The topological polar surface area (TPSA) is 37.8 Å². The Balaban J connectivity index is 2.24. The second kappa shape index (κ2) is 5.32. The van der Waals surface area contributed by atoms with Gasteiger partial charge in [-0.05, 0) is 40.2 Å². The number of anilines is 1. The molecule has 0 spiro atoms. The molecule has 0 saturated heterocycles. The van der Waals surface area contributed by atoms with Crippen molar-refractivity contribution in [1.29, 1.82) is 0 Å². The lowest BCUT2D eigenvalue weighted by Gasteiger charge is -2.04. The number of rotatable bonds is 3. The van der Waals surface area contributed by atoms with Gasteiger partial charge < -0.3 is 5.32 Å². The Kier molecular flexibility index (Phi) is 3.79. The lowest BCUT2D eigenvalue weighted by Crippen LogP contribution is -1.91. The van der Waals surface area contributed by atoms with Gasteiger partial charge in [-0.15, -0.1) is 0 Å². The summed E-state index contributed by atoms with van der Waals surface area (Å²) >= 11 is 5.08. The molecule has 2 heterocycles. The van der Waals surface area contributed by atoms with E-state index in [1.54, 1.807) is 24.2 Å². The van der Waals surface area contributed by atoms with Gasteiger partial charge >= 0.3 is 0 Å². The lowest BCUT2D eigenvalue weighted by atomic mass is 10.5. The third-order valence-corrected chi connectivity index (χ3v) is 3.84. The van der Waals surface area contributed by atoms with Crippen molar-refractivity contribution < 1.29 is 0 Å². The molecule has 0 aromatic carbocycles. The summed E-state index contributed by atoms with van der Waals surface area (Å²) in [5.74, 6) is 0.858. The Bertz CT molecular complexity index is 490. The third kappa shape index (κ3) is 2.74.